The van der Waals surface area contributed by atoms with E-state index in [1.54, 1.807) is 0 Å². The van der Waals surface area contributed by atoms with Crippen molar-refractivity contribution in [2.45, 2.75) is 76.3 Å². The SMILES string of the molecule is O=C(c1ccc2c(c1)OCO2)N(C1CCCCC1)C1CCCCC1. The third kappa shape index (κ3) is 3.11. The Morgan fingerprint density at radius 3 is 2.04 bits per heavy atom. The Kier molecular flexibility index (Phi) is 4.63. The van der Waals surface area contributed by atoms with Gasteiger partial charge in [0.2, 0.25) is 6.79 Å². The van der Waals surface area contributed by atoms with Gasteiger partial charge >= 0.3 is 0 Å². The number of hydrogen-bond acceptors (Lipinski definition) is 3. The van der Waals surface area contributed by atoms with Gasteiger partial charge in [0, 0.05) is 17.6 Å². The Bertz CT molecular complexity index is 571. The fourth-order valence-corrected chi connectivity index (χ4v) is 4.53. The summed E-state index contributed by atoms with van der Waals surface area (Å²) in [6, 6.07) is 6.47. The van der Waals surface area contributed by atoms with E-state index in [4.69, 9.17) is 9.47 Å². The second-order valence-electron chi connectivity index (χ2n) is 7.36. The molecule has 2 fully saturated rings. The average Bonchev–Trinajstić information content (AvgIpc) is 3.11. The van der Waals surface area contributed by atoms with Gasteiger partial charge in [-0.1, -0.05) is 38.5 Å². The van der Waals surface area contributed by atoms with Crippen LogP contribution in [0.4, 0.5) is 0 Å². The van der Waals surface area contributed by atoms with Crippen molar-refractivity contribution < 1.29 is 14.3 Å². The van der Waals surface area contributed by atoms with Crippen molar-refractivity contribution in [3.05, 3.63) is 23.8 Å². The van der Waals surface area contributed by atoms with Crippen LogP contribution in [-0.4, -0.2) is 29.7 Å². The van der Waals surface area contributed by atoms with Crippen LogP contribution in [0.1, 0.15) is 74.6 Å². The van der Waals surface area contributed by atoms with E-state index in [-0.39, 0.29) is 12.7 Å². The Morgan fingerprint density at radius 2 is 1.42 bits per heavy atom. The van der Waals surface area contributed by atoms with Gasteiger partial charge in [0.1, 0.15) is 0 Å². The molecule has 0 N–H and O–H groups in total. The Balaban J connectivity index is 1.60. The molecule has 3 aliphatic rings. The van der Waals surface area contributed by atoms with Gasteiger partial charge < -0.3 is 14.4 Å². The Morgan fingerprint density at radius 1 is 0.833 bits per heavy atom. The molecule has 1 heterocycles. The fraction of sp³-hybridized carbons (Fsp3) is 0.650. The number of fused-ring (bicyclic) bond motifs is 1. The number of benzene rings is 1. The number of ether oxygens (including phenoxy) is 2. The van der Waals surface area contributed by atoms with Crippen LogP contribution in [0.2, 0.25) is 0 Å². The lowest BCUT2D eigenvalue weighted by Crippen LogP contribution is -2.48. The van der Waals surface area contributed by atoms with Crippen LogP contribution in [0.5, 0.6) is 11.5 Å². The summed E-state index contributed by atoms with van der Waals surface area (Å²) in [5.74, 6) is 1.63. The van der Waals surface area contributed by atoms with E-state index in [0.29, 0.717) is 17.8 Å². The van der Waals surface area contributed by atoms with Crippen molar-refractivity contribution in [3.63, 3.8) is 0 Å². The minimum absolute atomic E-state index is 0.187. The first kappa shape index (κ1) is 15.8. The smallest absolute Gasteiger partial charge is 0.254 e. The zero-order valence-electron chi connectivity index (χ0n) is 14.3. The van der Waals surface area contributed by atoms with Gasteiger partial charge in [-0.25, -0.2) is 0 Å². The molecule has 2 saturated carbocycles. The van der Waals surface area contributed by atoms with Crippen molar-refractivity contribution in [1.29, 1.82) is 0 Å². The Hall–Kier alpha value is -1.71. The predicted molar refractivity (Wildman–Crippen MR) is 92.5 cm³/mol. The maximum absolute atomic E-state index is 13.4. The summed E-state index contributed by atoms with van der Waals surface area (Å²) in [5.41, 5.74) is 0.746. The van der Waals surface area contributed by atoms with Gasteiger partial charge in [-0.15, -0.1) is 0 Å². The van der Waals surface area contributed by atoms with E-state index in [1.807, 2.05) is 18.2 Å². The minimum Gasteiger partial charge on any atom is -0.454 e. The summed E-state index contributed by atoms with van der Waals surface area (Å²) in [6.45, 7) is 0.252. The number of hydrogen-bond donors (Lipinski definition) is 0. The summed E-state index contributed by atoms with van der Waals surface area (Å²) < 4.78 is 10.8. The summed E-state index contributed by atoms with van der Waals surface area (Å²) >= 11 is 0. The quantitative estimate of drug-likeness (QED) is 0.818. The molecule has 0 aromatic heterocycles. The van der Waals surface area contributed by atoms with Gasteiger partial charge in [0.25, 0.3) is 5.91 Å². The molecule has 24 heavy (non-hydrogen) atoms. The van der Waals surface area contributed by atoms with Gasteiger partial charge in [-0.3, -0.25) is 4.79 Å². The van der Waals surface area contributed by atoms with Gasteiger partial charge in [0.15, 0.2) is 11.5 Å². The second kappa shape index (κ2) is 7.04. The number of nitrogens with zero attached hydrogens (tertiary/aromatic N) is 1. The summed E-state index contributed by atoms with van der Waals surface area (Å²) in [7, 11) is 0. The number of amides is 1. The van der Waals surface area contributed by atoms with Crippen molar-refractivity contribution in [2.75, 3.05) is 6.79 Å². The van der Waals surface area contributed by atoms with Crippen LogP contribution in [0, 0.1) is 0 Å². The molecular formula is C20H27NO3. The molecular weight excluding hydrogens is 302 g/mol. The average molecular weight is 329 g/mol. The highest BCUT2D eigenvalue weighted by Crippen LogP contribution is 2.35. The Labute approximate surface area is 144 Å². The predicted octanol–water partition coefficient (Wildman–Crippen LogP) is 4.52. The molecule has 4 nitrogen and oxygen atoms in total. The zero-order chi connectivity index (χ0) is 16.4. The van der Waals surface area contributed by atoms with Crippen molar-refractivity contribution >= 4 is 5.91 Å². The molecule has 0 atom stereocenters. The van der Waals surface area contributed by atoms with Crippen LogP contribution in [0.3, 0.4) is 0 Å². The molecule has 0 bridgehead atoms. The summed E-state index contributed by atoms with van der Waals surface area (Å²) in [4.78, 5) is 15.6. The van der Waals surface area contributed by atoms with Crippen molar-refractivity contribution in [1.82, 2.24) is 4.90 Å². The van der Waals surface area contributed by atoms with E-state index in [9.17, 15) is 4.79 Å². The molecule has 0 unspecified atom stereocenters. The van der Waals surface area contributed by atoms with E-state index in [0.717, 1.165) is 37.0 Å². The van der Waals surface area contributed by atoms with Crippen LogP contribution in [0.25, 0.3) is 0 Å². The maximum Gasteiger partial charge on any atom is 0.254 e. The fourth-order valence-electron chi connectivity index (χ4n) is 4.53. The van der Waals surface area contributed by atoms with Crippen molar-refractivity contribution in [3.8, 4) is 11.5 Å². The lowest BCUT2D eigenvalue weighted by Gasteiger charge is -2.42. The number of rotatable bonds is 3. The largest absolute Gasteiger partial charge is 0.454 e. The molecule has 4 rings (SSSR count). The lowest BCUT2D eigenvalue weighted by molar-refractivity contribution is 0.0448. The highest BCUT2D eigenvalue weighted by Gasteiger charge is 2.33. The molecule has 4 heteroatoms. The molecule has 1 aromatic rings. The third-order valence-electron chi connectivity index (χ3n) is 5.79. The standard InChI is InChI=1S/C20H27NO3/c22-20(15-11-12-18-19(13-15)24-14-23-18)21(16-7-3-1-4-8-16)17-9-5-2-6-10-17/h11-13,16-17H,1-10,14H2. The molecule has 0 radical (unpaired) electrons. The topological polar surface area (TPSA) is 38.8 Å². The van der Waals surface area contributed by atoms with Crippen molar-refractivity contribution in [2.24, 2.45) is 0 Å². The van der Waals surface area contributed by atoms with Crippen LogP contribution in [-0.2, 0) is 0 Å². The molecule has 1 amide bonds. The van der Waals surface area contributed by atoms with Crippen LogP contribution in [0.15, 0.2) is 18.2 Å². The lowest BCUT2D eigenvalue weighted by atomic mass is 9.88. The van der Waals surface area contributed by atoms with Crippen LogP contribution >= 0.6 is 0 Å². The normalized spacial score (nSPS) is 21.7. The van der Waals surface area contributed by atoms with Crippen LogP contribution < -0.4 is 9.47 Å². The zero-order valence-corrected chi connectivity index (χ0v) is 14.3. The highest BCUT2D eigenvalue weighted by atomic mass is 16.7. The third-order valence-corrected chi connectivity index (χ3v) is 5.79. The molecule has 0 spiro atoms. The van der Waals surface area contributed by atoms with E-state index < -0.39 is 0 Å². The van der Waals surface area contributed by atoms with E-state index in [1.165, 1.54) is 38.5 Å². The molecule has 0 saturated heterocycles. The molecule has 1 aromatic carbocycles. The van der Waals surface area contributed by atoms with E-state index >= 15 is 0 Å². The van der Waals surface area contributed by atoms with Gasteiger partial charge in [0.05, 0.1) is 0 Å². The minimum atomic E-state index is 0.187. The molecule has 130 valence electrons. The second-order valence-corrected chi connectivity index (χ2v) is 7.36. The highest BCUT2D eigenvalue weighted by molar-refractivity contribution is 5.95. The first-order valence-electron chi connectivity index (χ1n) is 9.55. The number of carbonyl (C=O) groups excluding carboxylic acids is 1. The first-order chi connectivity index (χ1) is 11.8. The van der Waals surface area contributed by atoms with Gasteiger partial charge in [-0.05, 0) is 43.9 Å². The molecule has 2 aliphatic carbocycles. The van der Waals surface area contributed by atoms with E-state index in [2.05, 4.69) is 4.90 Å². The summed E-state index contributed by atoms with van der Waals surface area (Å²) in [5, 5.41) is 0. The summed E-state index contributed by atoms with van der Waals surface area (Å²) in [6.07, 6.45) is 12.3. The van der Waals surface area contributed by atoms with Gasteiger partial charge in [-0.2, -0.15) is 0 Å². The maximum atomic E-state index is 13.4. The number of carbonyl (C=O) groups is 1. The molecule has 1 aliphatic heterocycles. The first-order valence-corrected chi connectivity index (χ1v) is 9.55. The monoisotopic (exact) mass is 329 g/mol.